The fraction of sp³-hybridized carbons (Fsp3) is 0.591. The highest BCUT2D eigenvalue weighted by molar-refractivity contribution is 5.66. The molecule has 0 aromatic rings. The van der Waals surface area contributed by atoms with Gasteiger partial charge in [-0.25, -0.2) is 0 Å². The summed E-state index contributed by atoms with van der Waals surface area (Å²) in [5, 5.41) is 38.8. The van der Waals surface area contributed by atoms with Crippen LogP contribution in [0.4, 0.5) is 0 Å². The first kappa shape index (κ1) is 24.3. The average molecular weight is 395 g/mol. The largest absolute Gasteiger partial charge is 0.481 e. The van der Waals surface area contributed by atoms with E-state index in [0.29, 0.717) is 25.7 Å². The Balaban J connectivity index is 2.33. The van der Waals surface area contributed by atoms with Crippen LogP contribution < -0.4 is 0 Å². The Labute approximate surface area is 167 Å². The van der Waals surface area contributed by atoms with E-state index in [1.165, 1.54) is 12.2 Å². The fourth-order valence-electron chi connectivity index (χ4n) is 2.87. The van der Waals surface area contributed by atoms with Gasteiger partial charge < -0.3 is 25.2 Å². The minimum atomic E-state index is -0.901. The van der Waals surface area contributed by atoms with Crippen LogP contribution >= 0.6 is 0 Å². The molecule has 0 aromatic carbocycles. The number of hydrogen-bond donors (Lipinski definition) is 4. The first-order valence-corrected chi connectivity index (χ1v) is 9.98. The van der Waals surface area contributed by atoms with Crippen molar-refractivity contribution in [2.75, 3.05) is 0 Å². The molecule has 0 unspecified atom stereocenters. The lowest BCUT2D eigenvalue weighted by Crippen LogP contribution is -2.24. The lowest BCUT2D eigenvalue weighted by molar-refractivity contribution is -0.136. The first-order chi connectivity index (χ1) is 13.4. The number of aliphatic hydroxyl groups excluding tert-OH is 3. The van der Waals surface area contributed by atoms with Crippen LogP contribution in [-0.2, 0) is 9.53 Å². The molecule has 0 saturated carbocycles. The van der Waals surface area contributed by atoms with Crippen molar-refractivity contribution < 1.29 is 30.0 Å². The van der Waals surface area contributed by atoms with Gasteiger partial charge in [0.25, 0.3) is 0 Å². The summed E-state index contributed by atoms with van der Waals surface area (Å²) in [5.41, 5.74) is 0. The highest BCUT2D eigenvalue weighted by Gasteiger charge is 2.36. The van der Waals surface area contributed by atoms with E-state index in [1.807, 2.05) is 12.2 Å². The summed E-state index contributed by atoms with van der Waals surface area (Å²) in [5.74, 6) is -0.853. The van der Waals surface area contributed by atoms with E-state index in [9.17, 15) is 20.1 Å². The van der Waals surface area contributed by atoms with Crippen molar-refractivity contribution in [2.45, 2.75) is 82.4 Å². The molecule has 1 fully saturated rings. The smallest absolute Gasteiger partial charge is 0.303 e. The number of hydrogen-bond acceptors (Lipinski definition) is 5. The number of ether oxygens (including phenoxy) is 1. The molecular formula is C22H34O6. The second kappa shape index (κ2) is 14.3. The Morgan fingerprint density at radius 2 is 1.86 bits per heavy atom. The van der Waals surface area contributed by atoms with Gasteiger partial charge in [-0.3, -0.25) is 4.79 Å². The van der Waals surface area contributed by atoms with Crippen molar-refractivity contribution >= 4 is 5.97 Å². The van der Waals surface area contributed by atoms with Crippen LogP contribution in [0.5, 0.6) is 0 Å². The number of carboxylic acids is 1. The van der Waals surface area contributed by atoms with Crippen molar-refractivity contribution in [2.24, 2.45) is 0 Å². The van der Waals surface area contributed by atoms with E-state index >= 15 is 0 Å². The molecule has 1 saturated heterocycles. The van der Waals surface area contributed by atoms with Crippen LogP contribution in [0.2, 0.25) is 0 Å². The zero-order valence-corrected chi connectivity index (χ0v) is 16.6. The molecule has 0 spiro atoms. The molecule has 158 valence electrons. The molecule has 0 radical (unpaired) electrons. The highest BCUT2D eigenvalue weighted by atomic mass is 16.5. The van der Waals surface area contributed by atoms with E-state index in [0.717, 1.165) is 12.8 Å². The lowest BCUT2D eigenvalue weighted by atomic mass is 10.0. The van der Waals surface area contributed by atoms with E-state index in [1.54, 1.807) is 12.2 Å². The Bertz CT molecular complexity index is 551. The van der Waals surface area contributed by atoms with Gasteiger partial charge in [-0.05, 0) is 32.1 Å². The number of allylic oxidation sites excluding steroid dienone is 4. The zero-order chi connectivity index (χ0) is 20.8. The average Bonchev–Trinajstić information content (AvgIpc) is 3.03. The Kier molecular flexibility index (Phi) is 12.4. The summed E-state index contributed by atoms with van der Waals surface area (Å²) in [7, 11) is 0. The molecule has 6 heteroatoms. The summed E-state index contributed by atoms with van der Waals surface area (Å²) in [6.45, 7) is 2.08. The highest BCUT2D eigenvalue weighted by Crippen LogP contribution is 2.26. The maximum Gasteiger partial charge on any atom is 0.303 e. The van der Waals surface area contributed by atoms with Gasteiger partial charge in [0.1, 0.15) is 0 Å². The van der Waals surface area contributed by atoms with Crippen LogP contribution in [0, 0.1) is 0 Å². The van der Waals surface area contributed by atoms with E-state index < -0.39 is 30.4 Å². The number of aliphatic hydroxyl groups is 3. The predicted molar refractivity (Wildman–Crippen MR) is 109 cm³/mol. The predicted octanol–water partition coefficient (Wildman–Crippen LogP) is 2.90. The number of rotatable bonds is 13. The quantitative estimate of drug-likeness (QED) is 0.358. The Morgan fingerprint density at radius 1 is 1.11 bits per heavy atom. The second-order valence-electron chi connectivity index (χ2n) is 6.92. The molecule has 6 nitrogen and oxygen atoms in total. The number of carboxylic acid groups (broad SMARTS) is 1. The summed E-state index contributed by atoms with van der Waals surface area (Å²) in [4.78, 5) is 10.4. The maximum atomic E-state index is 10.4. The van der Waals surface area contributed by atoms with E-state index in [4.69, 9.17) is 9.84 Å². The topological polar surface area (TPSA) is 107 Å². The standard InChI is InChI=1S/C22H34O6/c1-2-3-4-5-6-9-12-20-19(25)16-21(28-20)18(24)15-14-17(23)11-8-7-10-13-22(26)27/h3-4,6-9,14-15,17-21,23-25H,2,5,10-13,16H2,1H3,(H,26,27)/b4-3-,8-7-,9-6-,15-14+/t17-,18+,19+,20+,21-/m1/s1. The fourth-order valence-corrected chi connectivity index (χ4v) is 2.87. The molecule has 1 aliphatic heterocycles. The van der Waals surface area contributed by atoms with Crippen molar-refractivity contribution in [3.63, 3.8) is 0 Å². The molecule has 0 bridgehead atoms. The molecule has 1 aliphatic rings. The van der Waals surface area contributed by atoms with Crippen LogP contribution in [0.15, 0.2) is 48.6 Å². The van der Waals surface area contributed by atoms with Gasteiger partial charge in [0.15, 0.2) is 0 Å². The first-order valence-electron chi connectivity index (χ1n) is 9.98. The van der Waals surface area contributed by atoms with Crippen molar-refractivity contribution in [1.29, 1.82) is 0 Å². The lowest BCUT2D eigenvalue weighted by Gasteiger charge is -2.16. The van der Waals surface area contributed by atoms with Gasteiger partial charge in [-0.2, -0.15) is 0 Å². The molecule has 5 atom stereocenters. The molecule has 28 heavy (non-hydrogen) atoms. The molecule has 1 rings (SSSR count). The third-order valence-corrected chi connectivity index (χ3v) is 4.44. The van der Waals surface area contributed by atoms with Gasteiger partial charge in [-0.15, -0.1) is 0 Å². The third-order valence-electron chi connectivity index (χ3n) is 4.44. The SMILES string of the molecule is CC/C=C\C/C=C\C[C@@H]1O[C@@H]([C@@H](O)/C=C/[C@H](O)C/C=C\CCC(=O)O)C[C@@H]1O. The Morgan fingerprint density at radius 3 is 2.57 bits per heavy atom. The van der Waals surface area contributed by atoms with Gasteiger partial charge in [-0.1, -0.05) is 55.5 Å². The van der Waals surface area contributed by atoms with E-state index in [-0.39, 0.29) is 12.5 Å². The van der Waals surface area contributed by atoms with Crippen LogP contribution in [0.25, 0.3) is 0 Å². The molecule has 0 aromatic heterocycles. The number of aliphatic carboxylic acids is 1. The number of carbonyl (C=O) groups is 1. The zero-order valence-electron chi connectivity index (χ0n) is 16.6. The van der Waals surface area contributed by atoms with Crippen molar-refractivity contribution in [1.82, 2.24) is 0 Å². The van der Waals surface area contributed by atoms with Crippen LogP contribution in [0.1, 0.15) is 51.9 Å². The Hall–Kier alpha value is -1.73. The summed E-state index contributed by atoms with van der Waals surface area (Å²) in [6, 6.07) is 0. The molecule has 0 aliphatic carbocycles. The van der Waals surface area contributed by atoms with Crippen molar-refractivity contribution in [3.05, 3.63) is 48.6 Å². The monoisotopic (exact) mass is 394 g/mol. The van der Waals surface area contributed by atoms with Gasteiger partial charge in [0, 0.05) is 12.8 Å². The summed E-state index contributed by atoms with van der Waals surface area (Å²) in [6.07, 6.45) is 15.2. The minimum absolute atomic E-state index is 0.0638. The van der Waals surface area contributed by atoms with Gasteiger partial charge >= 0.3 is 5.97 Å². The molecule has 1 heterocycles. The summed E-state index contributed by atoms with van der Waals surface area (Å²) >= 11 is 0. The van der Waals surface area contributed by atoms with Crippen LogP contribution in [-0.4, -0.2) is 56.9 Å². The van der Waals surface area contributed by atoms with Crippen LogP contribution in [0.3, 0.4) is 0 Å². The molecule has 0 amide bonds. The molecular weight excluding hydrogens is 360 g/mol. The minimum Gasteiger partial charge on any atom is -0.481 e. The van der Waals surface area contributed by atoms with Gasteiger partial charge in [0.2, 0.25) is 0 Å². The maximum absolute atomic E-state index is 10.4. The van der Waals surface area contributed by atoms with E-state index in [2.05, 4.69) is 19.1 Å². The van der Waals surface area contributed by atoms with Gasteiger partial charge in [0.05, 0.1) is 30.5 Å². The summed E-state index contributed by atoms with van der Waals surface area (Å²) < 4.78 is 5.76. The molecule has 4 N–H and O–H groups in total. The van der Waals surface area contributed by atoms with Crippen molar-refractivity contribution in [3.8, 4) is 0 Å². The normalized spacial score (nSPS) is 25.5. The third kappa shape index (κ3) is 10.6. The second-order valence-corrected chi connectivity index (χ2v) is 6.92.